The van der Waals surface area contributed by atoms with Gasteiger partial charge in [-0.2, -0.15) is 0 Å². The van der Waals surface area contributed by atoms with Crippen LogP contribution < -0.4 is 10.6 Å². The Kier molecular flexibility index (Phi) is 3.95. The second-order valence-corrected chi connectivity index (χ2v) is 5.15. The number of anilines is 1. The molecule has 0 spiro atoms. The minimum absolute atomic E-state index is 0.0451. The summed E-state index contributed by atoms with van der Waals surface area (Å²) >= 11 is 5.85. The molecule has 0 aliphatic heterocycles. The topological polar surface area (TPSA) is 78.4 Å². The van der Waals surface area contributed by atoms with Gasteiger partial charge in [0.25, 0.3) is 0 Å². The molecular formula is C13H15ClN2O3. The molecule has 1 aromatic rings. The molecule has 1 aliphatic rings. The molecule has 1 fully saturated rings. The lowest BCUT2D eigenvalue weighted by atomic mass is 10.2. The number of carboxylic acids is 1. The Balaban J connectivity index is 2.00. The van der Waals surface area contributed by atoms with Crippen LogP contribution in [0.4, 0.5) is 10.5 Å². The first-order valence-corrected chi connectivity index (χ1v) is 6.41. The van der Waals surface area contributed by atoms with Crippen LogP contribution in [-0.2, 0) is 4.79 Å². The van der Waals surface area contributed by atoms with Gasteiger partial charge in [-0.15, -0.1) is 0 Å². The number of carbonyl (C=O) groups is 2. The SMILES string of the molecule is Cc1ccc(Cl)cc1NC(=O)NC(C(=O)O)C1CC1. The van der Waals surface area contributed by atoms with Gasteiger partial charge in [-0.05, 0) is 43.4 Å². The fraction of sp³-hybridized carbons (Fsp3) is 0.385. The molecule has 5 nitrogen and oxygen atoms in total. The van der Waals surface area contributed by atoms with E-state index in [-0.39, 0.29) is 5.92 Å². The summed E-state index contributed by atoms with van der Waals surface area (Å²) in [5.74, 6) is -0.954. The number of amides is 2. The number of hydrogen-bond acceptors (Lipinski definition) is 2. The van der Waals surface area contributed by atoms with Crippen molar-refractivity contribution in [3.05, 3.63) is 28.8 Å². The van der Waals surface area contributed by atoms with E-state index in [1.54, 1.807) is 18.2 Å². The highest BCUT2D eigenvalue weighted by Crippen LogP contribution is 2.32. The molecule has 1 aromatic carbocycles. The zero-order chi connectivity index (χ0) is 14.0. The Morgan fingerprint density at radius 1 is 1.42 bits per heavy atom. The van der Waals surface area contributed by atoms with Crippen molar-refractivity contribution in [1.82, 2.24) is 5.32 Å². The van der Waals surface area contributed by atoms with Gasteiger partial charge in [-0.3, -0.25) is 0 Å². The molecule has 2 amide bonds. The monoisotopic (exact) mass is 282 g/mol. The third kappa shape index (κ3) is 3.61. The molecule has 2 rings (SSSR count). The summed E-state index contributed by atoms with van der Waals surface area (Å²) in [6.07, 6.45) is 1.68. The van der Waals surface area contributed by atoms with Crippen molar-refractivity contribution in [2.45, 2.75) is 25.8 Å². The Hall–Kier alpha value is -1.75. The molecule has 3 N–H and O–H groups in total. The molecular weight excluding hydrogens is 268 g/mol. The largest absolute Gasteiger partial charge is 0.480 e. The average Bonchev–Trinajstić information content (AvgIpc) is 3.14. The van der Waals surface area contributed by atoms with Gasteiger partial charge in [0.2, 0.25) is 0 Å². The van der Waals surface area contributed by atoms with Gasteiger partial charge in [0.1, 0.15) is 6.04 Å². The Morgan fingerprint density at radius 3 is 2.68 bits per heavy atom. The molecule has 102 valence electrons. The second-order valence-electron chi connectivity index (χ2n) is 4.71. The Bertz CT molecular complexity index is 515. The molecule has 0 heterocycles. The van der Waals surface area contributed by atoms with Crippen LogP contribution in [0.2, 0.25) is 5.02 Å². The molecule has 0 saturated heterocycles. The highest BCUT2D eigenvalue weighted by Gasteiger charge is 2.37. The van der Waals surface area contributed by atoms with E-state index in [1.165, 1.54) is 0 Å². The van der Waals surface area contributed by atoms with Crippen molar-refractivity contribution in [2.24, 2.45) is 5.92 Å². The van der Waals surface area contributed by atoms with Gasteiger partial charge in [-0.25, -0.2) is 9.59 Å². The fourth-order valence-electron chi connectivity index (χ4n) is 1.84. The smallest absolute Gasteiger partial charge is 0.326 e. The first-order valence-electron chi connectivity index (χ1n) is 6.04. The van der Waals surface area contributed by atoms with Gasteiger partial charge in [0.05, 0.1) is 0 Å². The number of nitrogens with one attached hydrogen (secondary N) is 2. The number of aryl methyl sites for hydroxylation is 1. The van der Waals surface area contributed by atoms with Gasteiger partial charge in [0, 0.05) is 10.7 Å². The molecule has 1 atom stereocenters. The third-order valence-corrected chi connectivity index (χ3v) is 3.33. The van der Waals surface area contributed by atoms with E-state index in [2.05, 4.69) is 10.6 Å². The molecule has 0 radical (unpaired) electrons. The lowest BCUT2D eigenvalue weighted by Crippen LogP contribution is -2.44. The van der Waals surface area contributed by atoms with Crippen LogP contribution in [0.3, 0.4) is 0 Å². The Labute approximate surface area is 116 Å². The first-order chi connectivity index (χ1) is 8.97. The van der Waals surface area contributed by atoms with Crippen molar-refractivity contribution in [2.75, 3.05) is 5.32 Å². The summed E-state index contributed by atoms with van der Waals surface area (Å²) in [6.45, 7) is 1.83. The van der Waals surface area contributed by atoms with E-state index in [1.807, 2.05) is 6.92 Å². The second kappa shape index (κ2) is 5.48. The van der Waals surface area contributed by atoms with Gasteiger partial charge >= 0.3 is 12.0 Å². The fourth-order valence-corrected chi connectivity index (χ4v) is 2.01. The van der Waals surface area contributed by atoms with Crippen molar-refractivity contribution in [1.29, 1.82) is 0 Å². The van der Waals surface area contributed by atoms with Gasteiger partial charge in [-0.1, -0.05) is 17.7 Å². The van der Waals surface area contributed by atoms with Crippen molar-refractivity contribution in [3.63, 3.8) is 0 Å². The van der Waals surface area contributed by atoms with Crippen LogP contribution in [-0.4, -0.2) is 23.1 Å². The molecule has 19 heavy (non-hydrogen) atoms. The minimum Gasteiger partial charge on any atom is -0.480 e. The predicted molar refractivity (Wildman–Crippen MR) is 72.5 cm³/mol. The van der Waals surface area contributed by atoms with Crippen LogP contribution in [0.25, 0.3) is 0 Å². The summed E-state index contributed by atoms with van der Waals surface area (Å²) < 4.78 is 0. The van der Waals surface area contributed by atoms with E-state index in [0.717, 1.165) is 18.4 Å². The number of carbonyl (C=O) groups excluding carboxylic acids is 1. The summed E-state index contributed by atoms with van der Waals surface area (Å²) in [4.78, 5) is 22.8. The van der Waals surface area contributed by atoms with Crippen LogP contribution >= 0.6 is 11.6 Å². The van der Waals surface area contributed by atoms with Crippen LogP contribution in [0.1, 0.15) is 18.4 Å². The zero-order valence-corrected chi connectivity index (χ0v) is 11.2. The number of rotatable bonds is 4. The lowest BCUT2D eigenvalue weighted by molar-refractivity contribution is -0.139. The predicted octanol–water partition coefficient (Wildman–Crippen LogP) is 2.63. The van der Waals surface area contributed by atoms with Crippen molar-refractivity contribution < 1.29 is 14.7 Å². The standard InChI is InChI=1S/C13H15ClN2O3/c1-7-2-5-9(14)6-10(7)15-13(19)16-11(12(17)18)8-3-4-8/h2,5-6,8,11H,3-4H2,1H3,(H,17,18)(H2,15,16,19). The van der Waals surface area contributed by atoms with Gasteiger partial charge in [0.15, 0.2) is 0 Å². The van der Waals surface area contributed by atoms with E-state index in [9.17, 15) is 9.59 Å². The van der Waals surface area contributed by atoms with Crippen LogP contribution in [0, 0.1) is 12.8 Å². The maximum Gasteiger partial charge on any atom is 0.326 e. The highest BCUT2D eigenvalue weighted by atomic mass is 35.5. The summed E-state index contributed by atoms with van der Waals surface area (Å²) in [5.41, 5.74) is 1.43. The van der Waals surface area contributed by atoms with E-state index < -0.39 is 18.0 Å². The number of hydrogen-bond donors (Lipinski definition) is 3. The molecule has 0 aromatic heterocycles. The Morgan fingerprint density at radius 2 is 2.11 bits per heavy atom. The number of carboxylic acid groups (broad SMARTS) is 1. The zero-order valence-electron chi connectivity index (χ0n) is 10.4. The van der Waals surface area contributed by atoms with Crippen LogP contribution in [0.15, 0.2) is 18.2 Å². The quantitative estimate of drug-likeness (QED) is 0.794. The number of urea groups is 1. The maximum atomic E-state index is 11.8. The van der Waals surface area contributed by atoms with E-state index >= 15 is 0 Å². The first kappa shape index (κ1) is 13.7. The van der Waals surface area contributed by atoms with E-state index in [0.29, 0.717) is 10.7 Å². The van der Waals surface area contributed by atoms with Gasteiger partial charge < -0.3 is 15.7 Å². The molecule has 1 aliphatic carbocycles. The molecule has 0 bridgehead atoms. The van der Waals surface area contributed by atoms with Crippen LogP contribution in [0.5, 0.6) is 0 Å². The maximum absolute atomic E-state index is 11.8. The number of aliphatic carboxylic acids is 1. The molecule has 6 heteroatoms. The molecule has 1 saturated carbocycles. The minimum atomic E-state index is -1.000. The lowest BCUT2D eigenvalue weighted by Gasteiger charge is -2.15. The average molecular weight is 283 g/mol. The number of benzene rings is 1. The highest BCUT2D eigenvalue weighted by molar-refractivity contribution is 6.31. The summed E-state index contributed by atoms with van der Waals surface area (Å²) in [5, 5.41) is 14.6. The van der Waals surface area contributed by atoms with Crippen molar-refractivity contribution in [3.8, 4) is 0 Å². The normalized spacial score (nSPS) is 15.7. The third-order valence-electron chi connectivity index (χ3n) is 3.09. The summed E-state index contributed by atoms with van der Waals surface area (Å²) in [6, 6.07) is 3.80. The van der Waals surface area contributed by atoms with Crippen molar-refractivity contribution >= 4 is 29.3 Å². The van der Waals surface area contributed by atoms with E-state index in [4.69, 9.17) is 16.7 Å². The number of halogens is 1. The molecule has 1 unspecified atom stereocenters. The summed E-state index contributed by atoms with van der Waals surface area (Å²) in [7, 11) is 0.